The maximum absolute atomic E-state index is 13.5. The van der Waals surface area contributed by atoms with Crippen molar-refractivity contribution in [1.29, 1.82) is 0 Å². The molecule has 4 heteroatoms. The van der Waals surface area contributed by atoms with E-state index in [9.17, 15) is 4.39 Å². The first-order valence-electron chi connectivity index (χ1n) is 8.58. The summed E-state index contributed by atoms with van der Waals surface area (Å²) >= 11 is 0. The Kier molecular flexibility index (Phi) is 6.00. The number of para-hydroxylation sites is 1. The number of nitrogens with zero attached hydrogens (tertiary/aromatic N) is 1. The average Bonchev–Trinajstić information content (AvgIpc) is 2.68. The van der Waals surface area contributed by atoms with Crippen molar-refractivity contribution in [3.05, 3.63) is 102 Å². The number of aliphatic imine (C=N–C) groups is 1. The lowest BCUT2D eigenvalue weighted by atomic mass is 10.2. The Balaban J connectivity index is 1.87. The highest BCUT2D eigenvalue weighted by molar-refractivity contribution is 5.96. The lowest BCUT2D eigenvalue weighted by Gasteiger charge is -2.10. The van der Waals surface area contributed by atoms with Gasteiger partial charge in [0.05, 0.1) is 11.9 Å². The molecule has 3 rings (SSSR count). The Morgan fingerprint density at radius 2 is 1.63 bits per heavy atom. The molecule has 0 bridgehead atoms. The maximum Gasteiger partial charge on any atom is 0.225 e. The summed E-state index contributed by atoms with van der Waals surface area (Å²) in [5.74, 6) is 1.04. The molecule has 0 saturated carbocycles. The third-order valence-corrected chi connectivity index (χ3v) is 3.73. The van der Waals surface area contributed by atoms with Gasteiger partial charge in [-0.15, -0.1) is 0 Å². The van der Waals surface area contributed by atoms with Crippen LogP contribution in [-0.2, 0) is 0 Å². The lowest BCUT2D eigenvalue weighted by molar-refractivity contribution is 0.473. The highest BCUT2D eigenvalue weighted by atomic mass is 19.1. The van der Waals surface area contributed by atoms with E-state index in [4.69, 9.17) is 9.47 Å². The van der Waals surface area contributed by atoms with Crippen molar-refractivity contribution in [2.75, 3.05) is 0 Å². The van der Waals surface area contributed by atoms with Crippen molar-refractivity contribution >= 4 is 11.6 Å². The number of ether oxygens (including phenoxy) is 2. The van der Waals surface area contributed by atoms with Gasteiger partial charge >= 0.3 is 0 Å². The molecule has 0 spiro atoms. The molecule has 0 unspecified atom stereocenters. The molecular weight excluding hydrogens is 341 g/mol. The zero-order valence-electron chi connectivity index (χ0n) is 15.2. The molecular formula is C23H20FNO2. The van der Waals surface area contributed by atoms with Gasteiger partial charge in [-0.25, -0.2) is 9.38 Å². The normalized spacial score (nSPS) is 12.0. The quantitative estimate of drug-likeness (QED) is 0.306. The van der Waals surface area contributed by atoms with Crippen LogP contribution in [0.25, 0.3) is 0 Å². The standard InChI is InChI=1S/C23H20FNO2/c1-17-11-13-21(14-12-17)26-16-18(2)23(25-20-8-4-3-5-9-20)27-22-10-6-7-19(24)15-22/h3-16H,1-2H3/b18-16+,25-23-. The van der Waals surface area contributed by atoms with Crippen molar-refractivity contribution < 1.29 is 13.9 Å². The van der Waals surface area contributed by atoms with Crippen LogP contribution in [0.3, 0.4) is 0 Å². The molecule has 27 heavy (non-hydrogen) atoms. The smallest absolute Gasteiger partial charge is 0.225 e. The van der Waals surface area contributed by atoms with Gasteiger partial charge in [0, 0.05) is 11.6 Å². The molecule has 0 atom stereocenters. The summed E-state index contributed by atoms with van der Waals surface area (Å²) in [5, 5.41) is 0. The number of rotatable bonds is 5. The molecule has 0 amide bonds. The molecule has 3 nitrogen and oxygen atoms in total. The highest BCUT2D eigenvalue weighted by Gasteiger charge is 2.08. The van der Waals surface area contributed by atoms with E-state index in [1.165, 1.54) is 12.1 Å². The molecule has 0 saturated heterocycles. The molecule has 0 aromatic heterocycles. The van der Waals surface area contributed by atoms with Crippen molar-refractivity contribution in [1.82, 2.24) is 0 Å². The van der Waals surface area contributed by atoms with Crippen LogP contribution in [0.4, 0.5) is 10.1 Å². The fourth-order valence-electron chi connectivity index (χ4n) is 2.28. The molecule has 0 aliphatic rings. The second-order valence-electron chi connectivity index (χ2n) is 6.04. The van der Waals surface area contributed by atoms with E-state index in [0.717, 1.165) is 11.3 Å². The molecule has 3 aromatic rings. The van der Waals surface area contributed by atoms with E-state index in [-0.39, 0.29) is 5.82 Å². The van der Waals surface area contributed by atoms with Gasteiger partial charge in [0.1, 0.15) is 17.3 Å². The molecule has 0 heterocycles. The zero-order valence-corrected chi connectivity index (χ0v) is 15.2. The number of hydrogen-bond donors (Lipinski definition) is 0. The monoisotopic (exact) mass is 361 g/mol. The molecule has 3 aromatic carbocycles. The number of benzene rings is 3. The number of halogens is 1. The molecule has 0 radical (unpaired) electrons. The van der Waals surface area contributed by atoms with E-state index in [0.29, 0.717) is 23.0 Å². The van der Waals surface area contributed by atoms with Gasteiger partial charge in [0.15, 0.2) is 0 Å². The summed E-state index contributed by atoms with van der Waals surface area (Å²) in [5.41, 5.74) is 2.56. The highest BCUT2D eigenvalue weighted by Crippen LogP contribution is 2.19. The summed E-state index contributed by atoms with van der Waals surface area (Å²) in [6.45, 7) is 3.84. The van der Waals surface area contributed by atoms with Gasteiger partial charge in [-0.3, -0.25) is 0 Å². The Morgan fingerprint density at radius 1 is 0.889 bits per heavy atom. The Bertz CT molecular complexity index is 948. The summed E-state index contributed by atoms with van der Waals surface area (Å²) in [6, 6.07) is 23.1. The minimum Gasteiger partial charge on any atom is -0.465 e. The lowest BCUT2D eigenvalue weighted by Crippen LogP contribution is -2.11. The SMILES string of the molecule is CC(=C\Oc1ccc(C)cc1)/C(=N/c1ccccc1)Oc1cccc(F)c1. The Morgan fingerprint density at radius 3 is 2.33 bits per heavy atom. The molecule has 136 valence electrons. The average molecular weight is 361 g/mol. The van der Waals surface area contributed by atoms with E-state index >= 15 is 0 Å². The predicted octanol–water partition coefficient (Wildman–Crippen LogP) is 6.23. The van der Waals surface area contributed by atoms with Crippen LogP contribution < -0.4 is 9.47 Å². The minimum atomic E-state index is -0.371. The molecule has 0 aliphatic heterocycles. The summed E-state index contributed by atoms with van der Waals surface area (Å²) < 4.78 is 25.0. The summed E-state index contributed by atoms with van der Waals surface area (Å²) in [4.78, 5) is 4.53. The second-order valence-corrected chi connectivity index (χ2v) is 6.04. The zero-order chi connectivity index (χ0) is 19.1. The van der Waals surface area contributed by atoms with Gasteiger partial charge in [0.2, 0.25) is 5.90 Å². The fourth-order valence-corrected chi connectivity index (χ4v) is 2.28. The largest absolute Gasteiger partial charge is 0.465 e. The van der Waals surface area contributed by atoms with Crippen LogP contribution >= 0.6 is 0 Å². The third-order valence-electron chi connectivity index (χ3n) is 3.73. The minimum absolute atomic E-state index is 0.332. The number of hydrogen-bond acceptors (Lipinski definition) is 3. The molecule has 0 aliphatic carbocycles. The first-order chi connectivity index (χ1) is 13.1. The summed E-state index contributed by atoms with van der Waals surface area (Å²) in [7, 11) is 0. The topological polar surface area (TPSA) is 30.8 Å². The maximum atomic E-state index is 13.5. The van der Waals surface area contributed by atoms with Gasteiger partial charge in [-0.05, 0) is 50.2 Å². The molecule has 0 N–H and O–H groups in total. The van der Waals surface area contributed by atoms with Crippen LogP contribution in [0, 0.1) is 12.7 Å². The Hall–Kier alpha value is -3.40. The second kappa shape index (κ2) is 8.81. The van der Waals surface area contributed by atoms with E-state index < -0.39 is 0 Å². The van der Waals surface area contributed by atoms with Crippen LogP contribution in [0.2, 0.25) is 0 Å². The fraction of sp³-hybridized carbons (Fsp3) is 0.0870. The van der Waals surface area contributed by atoms with Crippen LogP contribution in [0.5, 0.6) is 11.5 Å². The third kappa shape index (κ3) is 5.54. The van der Waals surface area contributed by atoms with Crippen molar-refractivity contribution in [3.8, 4) is 11.5 Å². The van der Waals surface area contributed by atoms with Crippen molar-refractivity contribution in [2.24, 2.45) is 4.99 Å². The predicted molar refractivity (Wildman–Crippen MR) is 106 cm³/mol. The van der Waals surface area contributed by atoms with Crippen molar-refractivity contribution in [2.45, 2.75) is 13.8 Å². The van der Waals surface area contributed by atoms with Gasteiger partial charge < -0.3 is 9.47 Å². The van der Waals surface area contributed by atoms with Crippen molar-refractivity contribution in [3.63, 3.8) is 0 Å². The number of aryl methyl sites for hydroxylation is 1. The van der Waals surface area contributed by atoms with Gasteiger partial charge in [-0.1, -0.05) is 42.0 Å². The van der Waals surface area contributed by atoms with Gasteiger partial charge in [-0.2, -0.15) is 0 Å². The molecule has 0 fully saturated rings. The van der Waals surface area contributed by atoms with Crippen LogP contribution in [-0.4, -0.2) is 5.90 Å². The van der Waals surface area contributed by atoms with E-state index in [2.05, 4.69) is 4.99 Å². The van der Waals surface area contributed by atoms with Crippen LogP contribution in [0.1, 0.15) is 12.5 Å². The summed E-state index contributed by atoms with van der Waals surface area (Å²) in [6.07, 6.45) is 1.58. The van der Waals surface area contributed by atoms with E-state index in [1.807, 2.05) is 68.4 Å². The van der Waals surface area contributed by atoms with Crippen LogP contribution in [0.15, 0.2) is 95.7 Å². The van der Waals surface area contributed by atoms with Gasteiger partial charge in [0.25, 0.3) is 0 Å². The first-order valence-corrected chi connectivity index (χ1v) is 8.58. The van der Waals surface area contributed by atoms with E-state index in [1.54, 1.807) is 18.4 Å². The Labute approximate surface area is 158 Å². The first kappa shape index (κ1) is 18.4.